The summed E-state index contributed by atoms with van der Waals surface area (Å²) < 4.78 is 3.22. The summed E-state index contributed by atoms with van der Waals surface area (Å²) in [5, 5.41) is 12.3. The highest BCUT2D eigenvalue weighted by molar-refractivity contribution is 7.17. The highest BCUT2D eigenvalue weighted by atomic mass is 32.1. The van der Waals surface area contributed by atoms with Crippen LogP contribution >= 0.6 is 11.3 Å². The molecule has 0 bridgehead atoms. The number of nitrogens with zero attached hydrogens (tertiary/aromatic N) is 2. The minimum atomic E-state index is -0.939. The van der Waals surface area contributed by atoms with Gasteiger partial charge in [0.2, 0.25) is 0 Å². The maximum atomic E-state index is 11.0. The molecule has 0 aliphatic rings. The monoisotopic (exact) mass is 294 g/mol. The third kappa shape index (κ3) is 1.90. The summed E-state index contributed by atoms with van der Waals surface area (Å²) in [7, 11) is 0. The average Bonchev–Trinajstić information content (AvgIpc) is 3.12. The van der Waals surface area contributed by atoms with E-state index in [2.05, 4.69) is 28.6 Å². The van der Waals surface area contributed by atoms with E-state index in [1.54, 1.807) is 35.9 Å². The maximum absolute atomic E-state index is 11.0. The van der Waals surface area contributed by atoms with Crippen molar-refractivity contribution in [3.63, 3.8) is 0 Å². The van der Waals surface area contributed by atoms with Gasteiger partial charge in [-0.1, -0.05) is 0 Å². The van der Waals surface area contributed by atoms with Crippen molar-refractivity contribution in [1.29, 1.82) is 0 Å². The number of aromatic carboxylic acids is 1. The molecule has 0 unspecified atom stereocenters. The standard InChI is InChI=1S/C16H10N2O2S/c19-16(20)11-1-3-14-13(8-11)17-9-18(14)12-2-4-15-10(7-12)5-6-21-15/h1-9H,(H,19,20). The minimum Gasteiger partial charge on any atom is -0.478 e. The highest BCUT2D eigenvalue weighted by Gasteiger charge is 2.09. The van der Waals surface area contributed by atoms with E-state index in [1.165, 1.54) is 10.1 Å². The Kier molecular flexibility index (Phi) is 2.55. The second-order valence-electron chi connectivity index (χ2n) is 4.77. The number of benzene rings is 2. The van der Waals surface area contributed by atoms with Crippen molar-refractivity contribution in [3.8, 4) is 5.69 Å². The molecule has 0 fully saturated rings. The molecule has 102 valence electrons. The number of imidazole rings is 1. The van der Waals surface area contributed by atoms with Gasteiger partial charge < -0.3 is 5.11 Å². The Balaban J connectivity index is 1.91. The van der Waals surface area contributed by atoms with Crippen LogP contribution in [0.2, 0.25) is 0 Å². The zero-order chi connectivity index (χ0) is 14.4. The van der Waals surface area contributed by atoms with Gasteiger partial charge in [-0.05, 0) is 53.2 Å². The molecule has 2 heterocycles. The number of thiophene rings is 1. The van der Waals surface area contributed by atoms with Gasteiger partial charge in [0.1, 0.15) is 6.33 Å². The van der Waals surface area contributed by atoms with Crippen LogP contribution in [0.15, 0.2) is 54.2 Å². The third-order valence-electron chi connectivity index (χ3n) is 3.51. The molecule has 4 nitrogen and oxygen atoms in total. The van der Waals surface area contributed by atoms with E-state index in [0.717, 1.165) is 11.2 Å². The zero-order valence-corrected chi connectivity index (χ0v) is 11.7. The number of carbonyl (C=O) groups is 1. The Morgan fingerprint density at radius 1 is 1.14 bits per heavy atom. The molecule has 0 aliphatic carbocycles. The van der Waals surface area contributed by atoms with Gasteiger partial charge in [0.15, 0.2) is 0 Å². The molecule has 0 radical (unpaired) electrons. The van der Waals surface area contributed by atoms with Gasteiger partial charge in [-0.2, -0.15) is 0 Å². The molecule has 4 rings (SSSR count). The van der Waals surface area contributed by atoms with E-state index in [4.69, 9.17) is 5.11 Å². The largest absolute Gasteiger partial charge is 0.478 e. The summed E-state index contributed by atoms with van der Waals surface area (Å²) in [6.45, 7) is 0. The van der Waals surface area contributed by atoms with Crippen molar-refractivity contribution >= 4 is 38.4 Å². The summed E-state index contributed by atoms with van der Waals surface area (Å²) in [6, 6.07) is 13.3. The molecule has 5 heteroatoms. The van der Waals surface area contributed by atoms with Crippen LogP contribution in [0, 0.1) is 0 Å². The summed E-state index contributed by atoms with van der Waals surface area (Å²) in [4.78, 5) is 15.3. The molecule has 4 aromatic rings. The smallest absolute Gasteiger partial charge is 0.335 e. The summed E-state index contributed by atoms with van der Waals surface area (Å²) >= 11 is 1.71. The van der Waals surface area contributed by atoms with Crippen LogP contribution in [0.5, 0.6) is 0 Å². The predicted molar refractivity (Wildman–Crippen MR) is 83.4 cm³/mol. The van der Waals surface area contributed by atoms with Gasteiger partial charge >= 0.3 is 5.97 Å². The molecule has 0 aliphatic heterocycles. The molecule has 2 aromatic heterocycles. The van der Waals surface area contributed by atoms with Gasteiger partial charge in [0, 0.05) is 10.4 Å². The van der Waals surface area contributed by atoms with Crippen molar-refractivity contribution in [2.24, 2.45) is 0 Å². The van der Waals surface area contributed by atoms with Crippen LogP contribution in [0.1, 0.15) is 10.4 Å². The molecule has 1 N–H and O–H groups in total. The molecule has 0 saturated carbocycles. The van der Waals surface area contributed by atoms with Gasteiger partial charge in [-0.25, -0.2) is 9.78 Å². The van der Waals surface area contributed by atoms with Crippen LogP contribution in [0.3, 0.4) is 0 Å². The van der Waals surface area contributed by atoms with Crippen LogP contribution in [-0.4, -0.2) is 20.6 Å². The van der Waals surface area contributed by atoms with Crippen LogP contribution in [0.25, 0.3) is 26.8 Å². The fraction of sp³-hybridized carbons (Fsp3) is 0. The van der Waals surface area contributed by atoms with E-state index in [9.17, 15) is 4.79 Å². The maximum Gasteiger partial charge on any atom is 0.335 e. The lowest BCUT2D eigenvalue weighted by molar-refractivity contribution is 0.0697. The van der Waals surface area contributed by atoms with Crippen molar-refractivity contribution in [2.45, 2.75) is 0 Å². The Hall–Kier alpha value is -2.66. The minimum absolute atomic E-state index is 0.251. The number of carboxylic acids is 1. The van der Waals surface area contributed by atoms with E-state index in [0.29, 0.717) is 5.52 Å². The van der Waals surface area contributed by atoms with Gasteiger partial charge in [0.25, 0.3) is 0 Å². The molecule has 0 spiro atoms. The molecule has 0 atom stereocenters. The second-order valence-corrected chi connectivity index (χ2v) is 5.71. The highest BCUT2D eigenvalue weighted by Crippen LogP contribution is 2.25. The number of carboxylic acid groups (broad SMARTS) is 1. The van der Waals surface area contributed by atoms with Gasteiger partial charge in [-0.3, -0.25) is 4.57 Å². The Labute approximate surface area is 123 Å². The lowest BCUT2D eigenvalue weighted by atomic mass is 10.2. The predicted octanol–water partition coefficient (Wildman–Crippen LogP) is 3.94. The second kappa shape index (κ2) is 4.43. The number of fused-ring (bicyclic) bond motifs is 2. The van der Waals surface area contributed by atoms with E-state index < -0.39 is 5.97 Å². The van der Waals surface area contributed by atoms with E-state index >= 15 is 0 Å². The molecular weight excluding hydrogens is 284 g/mol. The first-order chi connectivity index (χ1) is 10.2. The van der Waals surface area contributed by atoms with Gasteiger partial charge in [-0.15, -0.1) is 11.3 Å². The van der Waals surface area contributed by atoms with Crippen LogP contribution < -0.4 is 0 Å². The first kappa shape index (κ1) is 12.1. The van der Waals surface area contributed by atoms with Crippen molar-refractivity contribution < 1.29 is 9.90 Å². The zero-order valence-electron chi connectivity index (χ0n) is 10.9. The molecule has 0 amide bonds. The average molecular weight is 294 g/mol. The van der Waals surface area contributed by atoms with Crippen molar-refractivity contribution in [3.05, 3.63) is 59.7 Å². The van der Waals surface area contributed by atoms with Crippen molar-refractivity contribution in [1.82, 2.24) is 9.55 Å². The fourth-order valence-corrected chi connectivity index (χ4v) is 3.23. The number of rotatable bonds is 2. The lowest BCUT2D eigenvalue weighted by Crippen LogP contribution is -1.96. The van der Waals surface area contributed by atoms with E-state index in [1.807, 2.05) is 10.6 Å². The first-order valence-corrected chi connectivity index (χ1v) is 7.28. The normalized spacial score (nSPS) is 11.2. The van der Waals surface area contributed by atoms with Crippen LogP contribution in [0.4, 0.5) is 0 Å². The Bertz CT molecular complexity index is 984. The quantitative estimate of drug-likeness (QED) is 0.609. The molecule has 21 heavy (non-hydrogen) atoms. The molecular formula is C16H10N2O2S. The third-order valence-corrected chi connectivity index (χ3v) is 4.41. The lowest BCUT2D eigenvalue weighted by Gasteiger charge is -2.04. The SMILES string of the molecule is O=C(O)c1ccc2c(c1)ncn2-c1ccc2sccc2c1. The first-order valence-electron chi connectivity index (χ1n) is 6.40. The van der Waals surface area contributed by atoms with Gasteiger partial charge in [0.05, 0.1) is 16.6 Å². The number of hydrogen-bond acceptors (Lipinski definition) is 3. The summed E-state index contributed by atoms with van der Waals surface area (Å²) in [5.41, 5.74) is 2.85. The molecule has 2 aromatic carbocycles. The summed E-state index contributed by atoms with van der Waals surface area (Å²) in [6.07, 6.45) is 1.73. The van der Waals surface area contributed by atoms with Crippen molar-refractivity contribution in [2.75, 3.05) is 0 Å². The Morgan fingerprint density at radius 2 is 2.05 bits per heavy atom. The van der Waals surface area contributed by atoms with Crippen LogP contribution in [-0.2, 0) is 0 Å². The Morgan fingerprint density at radius 3 is 2.90 bits per heavy atom. The fourth-order valence-electron chi connectivity index (χ4n) is 2.46. The summed E-state index contributed by atoms with van der Waals surface area (Å²) in [5.74, 6) is -0.939. The van der Waals surface area contributed by atoms with E-state index in [-0.39, 0.29) is 5.56 Å². The number of hydrogen-bond donors (Lipinski definition) is 1. The topological polar surface area (TPSA) is 55.1 Å². The molecule has 0 saturated heterocycles. The number of aromatic nitrogens is 2.